The van der Waals surface area contributed by atoms with Crippen LogP contribution in [0.1, 0.15) is 19.4 Å². The summed E-state index contributed by atoms with van der Waals surface area (Å²) in [6.07, 6.45) is 1.80. The Morgan fingerprint density at radius 3 is 2.23 bits per heavy atom. The SMILES string of the molecule is CC.COc1ccc(Oc2cc(NSc3ccc(C)cc3)c3ncccc3c2)cc1. The minimum Gasteiger partial charge on any atom is -0.497 e. The van der Waals surface area contributed by atoms with Gasteiger partial charge in [0.1, 0.15) is 17.2 Å². The van der Waals surface area contributed by atoms with E-state index >= 15 is 0 Å². The summed E-state index contributed by atoms with van der Waals surface area (Å²) in [4.78, 5) is 5.67. The van der Waals surface area contributed by atoms with Gasteiger partial charge in [0.15, 0.2) is 0 Å². The van der Waals surface area contributed by atoms with Gasteiger partial charge in [-0.05, 0) is 67.4 Å². The minimum atomic E-state index is 0.748. The van der Waals surface area contributed by atoms with Crippen LogP contribution in [0.5, 0.6) is 17.2 Å². The number of hydrogen-bond donors (Lipinski definition) is 1. The van der Waals surface area contributed by atoms with Gasteiger partial charge in [-0.2, -0.15) is 0 Å². The molecule has 0 spiro atoms. The molecule has 1 aromatic heterocycles. The Labute approximate surface area is 182 Å². The molecule has 1 heterocycles. The highest BCUT2D eigenvalue weighted by molar-refractivity contribution is 8.00. The van der Waals surface area contributed by atoms with Crippen LogP contribution in [0.25, 0.3) is 10.9 Å². The third-order valence-electron chi connectivity index (χ3n) is 4.27. The molecular formula is C25H26N2O2S. The van der Waals surface area contributed by atoms with Crippen molar-refractivity contribution < 1.29 is 9.47 Å². The molecule has 0 aliphatic carbocycles. The van der Waals surface area contributed by atoms with Crippen molar-refractivity contribution in [3.8, 4) is 17.2 Å². The van der Waals surface area contributed by atoms with E-state index in [-0.39, 0.29) is 0 Å². The number of benzene rings is 3. The van der Waals surface area contributed by atoms with Crippen molar-refractivity contribution in [1.82, 2.24) is 4.98 Å². The van der Waals surface area contributed by atoms with Crippen LogP contribution in [-0.4, -0.2) is 12.1 Å². The van der Waals surface area contributed by atoms with E-state index < -0.39 is 0 Å². The number of nitrogens with zero attached hydrogens (tertiary/aromatic N) is 1. The van der Waals surface area contributed by atoms with E-state index in [4.69, 9.17) is 9.47 Å². The molecule has 0 aliphatic heterocycles. The first-order valence-electron chi connectivity index (χ1n) is 9.91. The molecule has 0 aliphatic rings. The molecule has 0 amide bonds. The van der Waals surface area contributed by atoms with Crippen LogP contribution < -0.4 is 14.2 Å². The highest BCUT2D eigenvalue weighted by atomic mass is 32.2. The Balaban J connectivity index is 0.00000124. The number of nitrogens with one attached hydrogen (secondary N) is 1. The molecule has 0 fully saturated rings. The van der Waals surface area contributed by atoms with Gasteiger partial charge in [-0.1, -0.05) is 37.6 Å². The van der Waals surface area contributed by atoms with Crippen molar-refractivity contribution in [2.75, 3.05) is 11.8 Å². The minimum absolute atomic E-state index is 0.748. The van der Waals surface area contributed by atoms with Crippen molar-refractivity contribution in [3.63, 3.8) is 0 Å². The van der Waals surface area contributed by atoms with Gasteiger partial charge in [0, 0.05) is 22.5 Å². The molecule has 4 aromatic rings. The van der Waals surface area contributed by atoms with Gasteiger partial charge in [0.2, 0.25) is 0 Å². The van der Waals surface area contributed by atoms with Crippen molar-refractivity contribution in [3.05, 3.63) is 84.6 Å². The number of anilines is 1. The molecule has 0 bridgehead atoms. The third-order valence-corrected chi connectivity index (χ3v) is 5.10. The van der Waals surface area contributed by atoms with Crippen molar-refractivity contribution >= 4 is 28.5 Å². The van der Waals surface area contributed by atoms with Gasteiger partial charge >= 0.3 is 0 Å². The van der Waals surface area contributed by atoms with Crippen molar-refractivity contribution in [1.29, 1.82) is 0 Å². The van der Waals surface area contributed by atoms with Gasteiger partial charge in [0.05, 0.1) is 18.3 Å². The van der Waals surface area contributed by atoms with E-state index in [2.05, 4.69) is 40.9 Å². The fourth-order valence-electron chi connectivity index (χ4n) is 2.80. The average molecular weight is 419 g/mol. The molecule has 3 aromatic carbocycles. The zero-order valence-corrected chi connectivity index (χ0v) is 18.5. The monoisotopic (exact) mass is 418 g/mol. The van der Waals surface area contributed by atoms with Crippen molar-refractivity contribution in [2.24, 2.45) is 0 Å². The molecule has 30 heavy (non-hydrogen) atoms. The van der Waals surface area contributed by atoms with E-state index in [0.29, 0.717) is 0 Å². The number of rotatable bonds is 6. The fourth-order valence-corrected chi connectivity index (χ4v) is 3.46. The van der Waals surface area contributed by atoms with Crippen LogP contribution in [0.15, 0.2) is 83.9 Å². The molecule has 1 N–H and O–H groups in total. The lowest BCUT2D eigenvalue weighted by molar-refractivity contribution is 0.413. The van der Waals surface area contributed by atoms with Gasteiger partial charge in [-0.3, -0.25) is 4.98 Å². The molecule has 0 radical (unpaired) electrons. The average Bonchev–Trinajstić information content (AvgIpc) is 2.80. The number of methoxy groups -OCH3 is 1. The predicted octanol–water partition coefficient (Wildman–Crippen LogP) is 7.49. The van der Waals surface area contributed by atoms with Gasteiger partial charge in [-0.25, -0.2) is 0 Å². The summed E-state index contributed by atoms with van der Waals surface area (Å²) in [5, 5.41) is 1.01. The summed E-state index contributed by atoms with van der Waals surface area (Å²) < 4.78 is 14.7. The summed E-state index contributed by atoms with van der Waals surface area (Å²) in [6, 6.07) is 23.9. The van der Waals surface area contributed by atoms with E-state index in [1.807, 2.05) is 62.4 Å². The quantitative estimate of drug-likeness (QED) is 0.329. The van der Waals surface area contributed by atoms with Crippen LogP contribution >= 0.6 is 11.9 Å². The maximum absolute atomic E-state index is 6.06. The second-order valence-electron chi connectivity index (χ2n) is 6.34. The Bertz CT molecular complexity index is 1080. The molecule has 0 unspecified atom stereocenters. The predicted molar refractivity (Wildman–Crippen MR) is 127 cm³/mol. The number of pyridine rings is 1. The van der Waals surface area contributed by atoms with Gasteiger partial charge < -0.3 is 14.2 Å². The fraction of sp³-hybridized carbons (Fsp3) is 0.160. The highest BCUT2D eigenvalue weighted by Gasteiger charge is 2.08. The maximum Gasteiger partial charge on any atom is 0.130 e. The number of hydrogen-bond acceptors (Lipinski definition) is 5. The largest absolute Gasteiger partial charge is 0.497 e. The van der Waals surface area contributed by atoms with Crippen LogP contribution in [0.4, 0.5) is 5.69 Å². The lowest BCUT2D eigenvalue weighted by Crippen LogP contribution is -1.93. The molecule has 0 atom stereocenters. The Morgan fingerprint density at radius 2 is 1.53 bits per heavy atom. The highest BCUT2D eigenvalue weighted by Crippen LogP contribution is 2.33. The molecule has 0 saturated heterocycles. The second-order valence-corrected chi connectivity index (χ2v) is 7.22. The van der Waals surface area contributed by atoms with E-state index in [0.717, 1.165) is 38.7 Å². The smallest absolute Gasteiger partial charge is 0.130 e. The molecule has 5 heteroatoms. The van der Waals surface area contributed by atoms with E-state index in [9.17, 15) is 0 Å². The Morgan fingerprint density at radius 1 is 0.833 bits per heavy atom. The second kappa shape index (κ2) is 10.6. The topological polar surface area (TPSA) is 43.4 Å². The van der Waals surface area contributed by atoms with Crippen LogP contribution in [-0.2, 0) is 0 Å². The normalized spacial score (nSPS) is 10.1. The zero-order valence-electron chi connectivity index (χ0n) is 17.7. The number of fused-ring (bicyclic) bond motifs is 1. The van der Waals surface area contributed by atoms with Gasteiger partial charge in [-0.15, -0.1) is 0 Å². The number of aromatic nitrogens is 1. The van der Waals surface area contributed by atoms with Crippen LogP contribution in [0, 0.1) is 6.92 Å². The van der Waals surface area contributed by atoms with E-state index in [1.54, 1.807) is 25.3 Å². The van der Waals surface area contributed by atoms with Crippen molar-refractivity contribution in [2.45, 2.75) is 25.7 Å². The first-order valence-corrected chi connectivity index (χ1v) is 10.7. The van der Waals surface area contributed by atoms with Crippen LogP contribution in [0.2, 0.25) is 0 Å². The summed E-state index contributed by atoms with van der Waals surface area (Å²) in [5.41, 5.74) is 3.06. The lowest BCUT2D eigenvalue weighted by Gasteiger charge is -2.12. The zero-order chi connectivity index (χ0) is 21.3. The molecule has 4 nitrogen and oxygen atoms in total. The summed E-state index contributed by atoms with van der Waals surface area (Å²) in [6.45, 7) is 6.08. The summed E-state index contributed by atoms with van der Waals surface area (Å²) in [5.74, 6) is 2.30. The first-order chi connectivity index (χ1) is 14.7. The molecule has 4 rings (SSSR count). The lowest BCUT2D eigenvalue weighted by atomic mass is 10.2. The van der Waals surface area contributed by atoms with E-state index in [1.165, 1.54) is 5.56 Å². The molecular weight excluding hydrogens is 392 g/mol. The molecule has 0 saturated carbocycles. The Kier molecular flexibility index (Phi) is 7.57. The van der Waals surface area contributed by atoms with Crippen LogP contribution in [0.3, 0.4) is 0 Å². The number of aryl methyl sites for hydroxylation is 1. The first kappa shape index (κ1) is 21.5. The Hall–Kier alpha value is -3.18. The standard InChI is InChI=1S/C23H20N2O2S.C2H6/c1-16-5-11-21(12-6-16)28-25-22-15-20(14-17-4-3-13-24-23(17)22)27-19-9-7-18(26-2)8-10-19;1-2/h3-15,25H,1-2H3;1-2H3. The summed E-state index contributed by atoms with van der Waals surface area (Å²) >= 11 is 1.55. The third kappa shape index (κ3) is 5.45. The summed E-state index contributed by atoms with van der Waals surface area (Å²) in [7, 11) is 1.65. The van der Waals surface area contributed by atoms with Gasteiger partial charge in [0.25, 0.3) is 0 Å². The molecule has 154 valence electrons. The number of ether oxygens (including phenoxy) is 2. The maximum atomic E-state index is 6.06.